The fourth-order valence-corrected chi connectivity index (χ4v) is 5.10. The Kier molecular flexibility index (Phi) is 4.59. The number of nitrogens with one attached hydrogen (secondary N) is 1. The zero-order valence-electron chi connectivity index (χ0n) is 11.0. The molecule has 0 bridgehead atoms. The minimum atomic E-state index is -3.58. The van der Waals surface area contributed by atoms with E-state index in [9.17, 15) is 8.42 Å². The number of rotatable bonds is 5. The van der Waals surface area contributed by atoms with Gasteiger partial charge < -0.3 is 5.32 Å². The van der Waals surface area contributed by atoms with Crippen LogP contribution in [0.4, 0.5) is 0 Å². The maximum atomic E-state index is 12.8. The van der Waals surface area contributed by atoms with Crippen molar-refractivity contribution < 1.29 is 8.42 Å². The van der Waals surface area contributed by atoms with Gasteiger partial charge in [0.1, 0.15) is 0 Å². The zero-order valence-corrected chi connectivity index (χ0v) is 13.4. The molecule has 1 aliphatic rings. The van der Waals surface area contributed by atoms with Crippen LogP contribution in [-0.4, -0.2) is 53.4 Å². The SMILES string of the molecule is CCCN(C1CCNC1)S(=O)(=O)c1c(Br)nnn1C. The molecule has 1 aromatic rings. The predicted molar refractivity (Wildman–Crippen MR) is 74.2 cm³/mol. The highest BCUT2D eigenvalue weighted by atomic mass is 79.9. The van der Waals surface area contributed by atoms with Crippen LogP contribution < -0.4 is 5.32 Å². The van der Waals surface area contributed by atoms with Gasteiger partial charge in [0.15, 0.2) is 4.60 Å². The molecule has 0 radical (unpaired) electrons. The topological polar surface area (TPSA) is 80.1 Å². The van der Waals surface area contributed by atoms with E-state index in [1.807, 2.05) is 6.92 Å². The summed E-state index contributed by atoms with van der Waals surface area (Å²) in [4.78, 5) is 0. The molecule has 9 heteroatoms. The summed E-state index contributed by atoms with van der Waals surface area (Å²) >= 11 is 3.17. The Morgan fingerprint density at radius 2 is 2.32 bits per heavy atom. The number of aryl methyl sites for hydroxylation is 1. The van der Waals surface area contributed by atoms with E-state index >= 15 is 0 Å². The average Bonchev–Trinajstić information content (AvgIpc) is 2.96. The molecular formula is C10H18BrN5O2S. The fraction of sp³-hybridized carbons (Fsp3) is 0.800. The molecule has 1 aromatic heterocycles. The van der Waals surface area contributed by atoms with Gasteiger partial charge >= 0.3 is 0 Å². The largest absolute Gasteiger partial charge is 0.315 e. The maximum Gasteiger partial charge on any atom is 0.263 e. The third kappa shape index (κ3) is 2.83. The standard InChI is InChI=1S/C10H18BrN5O2S/c1-3-6-16(8-4-5-12-7-8)19(17,18)10-9(11)13-14-15(10)2/h8,12H,3-7H2,1-2H3. The second-order valence-electron chi connectivity index (χ2n) is 4.57. The molecule has 0 amide bonds. The molecule has 7 nitrogen and oxygen atoms in total. The van der Waals surface area contributed by atoms with Gasteiger partial charge in [0, 0.05) is 26.2 Å². The molecule has 0 spiro atoms. The Hall–Kier alpha value is -0.510. The molecule has 1 atom stereocenters. The number of nitrogens with zero attached hydrogens (tertiary/aromatic N) is 4. The zero-order chi connectivity index (χ0) is 14.0. The van der Waals surface area contributed by atoms with Crippen molar-refractivity contribution in [3.63, 3.8) is 0 Å². The number of halogens is 1. The van der Waals surface area contributed by atoms with Crippen molar-refractivity contribution in [2.24, 2.45) is 7.05 Å². The van der Waals surface area contributed by atoms with Crippen LogP contribution in [0.5, 0.6) is 0 Å². The first-order valence-electron chi connectivity index (χ1n) is 6.26. The molecule has 0 aliphatic carbocycles. The summed E-state index contributed by atoms with van der Waals surface area (Å²) in [6, 6.07) is 0.00625. The number of hydrogen-bond acceptors (Lipinski definition) is 5. The predicted octanol–water partition coefficient (Wildman–Crippen LogP) is 0.340. The van der Waals surface area contributed by atoms with E-state index in [2.05, 4.69) is 31.6 Å². The van der Waals surface area contributed by atoms with E-state index in [1.54, 1.807) is 11.4 Å². The van der Waals surface area contributed by atoms with Gasteiger partial charge in [-0.2, -0.15) is 4.31 Å². The second-order valence-corrected chi connectivity index (χ2v) is 7.13. The van der Waals surface area contributed by atoms with Crippen molar-refractivity contribution in [1.29, 1.82) is 0 Å². The van der Waals surface area contributed by atoms with Crippen LogP contribution in [-0.2, 0) is 17.1 Å². The molecule has 2 heterocycles. The first kappa shape index (κ1) is 14.9. The van der Waals surface area contributed by atoms with Gasteiger partial charge in [-0.3, -0.25) is 0 Å². The van der Waals surface area contributed by atoms with E-state index in [4.69, 9.17) is 0 Å². The summed E-state index contributed by atoms with van der Waals surface area (Å²) in [5, 5.41) is 10.8. The van der Waals surface area contributed by atoms with Gasteiger partial charge in [-0.1, -0.05) is 12.1 Å². The van der Waals surface area contributed by atoms with Crippen molar-refractivity contribution in [2.45, 2.75) is 30.8 Å². The molecule has 108 valence electrons. The van der Waals surface area contributed by atoms with Crippen LogP contribution >= 0.6 is 15.9 Å². The van der Waals surface area contributed by atoms with Crippen LogP contribution in [0, 0.1) is 0 Å². The first-order valence-corrected chi connectivity index (χ1v) is 8.49. The van der Waals surface area contributed by atoms with E-state index in [-0.39, 0.29) is 15.7 Å². The van der Waals surface area contributed by atoms with Crippen molar-refractivity contribution in [3.05, 3.63) is 4.60 Å². The summed E-state index contributed by atoms with van der Waals surface area (Å²) in [7, 11) is -2.00. The number of aromatic nitrogens is 3. The van der Waals surface area contributed by atoms with Crippen LogP contribution in [0.2, 0.25) is 0 Å². The molecule has 19 heavy (non-hydrogen) atoms. The van der Waals surface area contributed by atoms with Crippen LogP contribution in [0.3, 0.4) is 0 Å². The van der Waals surface area contributed by atoms with Gasteiger partial charge in [0.2, 0.25) is 5.03 Å². The van der Waals surface area contributed by atoms with Crippen molar-refractivity contribution >= 4 is 26.0 Å². The van der Waals surface area contributed by atoms with Gasteiger partial charge in [0.05, 0.1) is 0 Å². The second kappa shape index (κ2) is 5.86. The third-order valence-electron chi connectivity index (χ3n) is 3.18. The van der Waals surface area contributed by atoms with Gasteiger partial charge in [-0.15, -0.1) is 5.10 Å². The molecule has 1 saturated heterocycles. The monoisotopic (exact) mass is 351 g/mol. The Balaban J connectivity index is 2.39. The highest BCUT2D eigenvalue weighted by Crippen LogP contribution is 2.25. The molecule has 0 saturated carbocycles. The minimum absolute atomic E-state index is 0.00625. The lowest BCUT2D eigenvalue weighted by Crippen LogP contribution is -2.42. The summed E-state index contributed by atoms with van der Waals surface area (Å²) < 4.78 is 28.7. The van der Waals surface area contributed by atoms with Gasteiger partial charge in [-0.05, 0) is 35.3 Å². The Bertz CT molecular complexity index is 519. The molecule has 0 aromatic carbocycles. The van der Waals surface area contributed by atoms with Crippen LogP contribution in [0.1, 0.15) is 19.8 Å². The summed E-state index contributed by atoms with van der Waals surface area (Å²) in [6.07, 6.45) is 1.61. The molecule has 1 fully saturated rings. The average molecular weight is 352 g/mol. The highest BCUT2D eigenvalue weighted by Gasteiger charge is 2.36. The highest BCUT2D eigenvalue weighted by molar-refractivity contribution is 9.10. The maximum absolute atomic E-state index is 12.8. The van der Waals surface area contributed by atoms with E-state index in [0.717, 1.165) is 19.4 Å². The molecular weight excluding hydrogens is 334 g/mol. The fourth-order valence-electron chi connectivity index (χ4n) is 2.31. The minimum Gasteiger partial charge on any atom is -0.315 e. The van der Waals surface area contributed by atoms with Crippen LogP contribution in [0.15, 0.2) is 9.63 Å². The van der Waals surface area contributed by atoms with Crippen molar-refractivity contribution in [1.82, 2.24) is 24.6 Å². The lowest BCUT2D eigenvalue weighted by molar-refractivity contribution is 0.332. The Morgan fingerprint density at radius 3 is 2.79 bits per heavy atom. The lowest BCUT2D eigenvalue weighted by Gasteiger charge is -2.26. The van der Waals surface area contributed by atoms with Gasteiger partial charge in [-0.25, -0.2) is 13.1 Å². The van der Waals surface area contributed by atoms with Crippen molar-refractivity contribution in [3.8, 4) is 0 Å². The van der Waals surface area contributed by atoms with E-state index < -0.39 is 10.0 Å². The van der Waals surface area contributed by atoms with Crippen molar-refractivity contribution in [2.75, 3.05) is 19.6 Å². The smallest absolute Gasteiger partial charge is 0.263 e. The van der Waals surface area contributed by atoms with E-state index in [0.29, 0.717) is 13.1 Å². The first-order chi connectivity index (χ1) is 8.98. The Morgan fingerprint density at radius 1 is 1.58 bits per heavy atom. The molecule has 1 aliphatic heterocycles. The van der Waals surface area contributed by atoms with E-state index in [1.165, 1.54) is 4.68 Å². The Labute approximate surface area is 121 Å². The molecule has 1 N–H and O–H groups in total. The lowest BCUT2D eigenvalue weighted by atomic mass is 10.2. The molecule has 2 rings (SSSR count). The third-order valence-corrected chi connectivity index (χ3v) is 6.02. The van der Waals surface area contributed by atoms with Gasteiger partial charge in [0.25, 0.3) is 10.0 Å². The summed E-state index contributed by atoms with van der Waals surface area (Å²) in [6.45, 7) is 4.03. The van der Waals surface area contributed by atoms with Crippen LogP contribution in [0.25, 0.3) is 0 Å². The summed E-state index contributed by atoms with van der Waals surface area (Å²) in [5.74, 6) is 0. The quantitative estimate of drug-likeness (QED) is 0.827. The normalized spacial score (nSPS) is 20.3. The molecule has 1 unspecified atom stereocenters. The number of hydrogen-bond donors (Lipinski definition) is 1. The number of sulfonamides is 1. The summed E-state index contributed by atoms with van der Waals surface area (Å²) in [5.41, 5.74) is 0.